The number of halogens is 2. The maximum atomic E-state index is 8.95. The minimum Gasteiger partial charge on any atom is -0.413 e. The molecular formula is C22H28Cl2O2SSi. The molecule has 0 fully saturated rings. The molecule has 0 unspecified atom stereocenters. The molecule has 2 nitrogen and oxygen atoms in total. The summed E-state index contributed by atoms with van der Waals surface area (Å²) in [5.41, 5.74) is 1.94. The molecule has 0 atom stereocenters. The van der Waals surface area contributed by atoms with Gasteiger partial charge in [0.25, 0.3) is 0 Å². The Labute approximate surface area is 184 Å². The lowest BCUT2D eigenvalue weighted by Gasteiger charge is -2.36. The topological polar surface area (TPSA) is 29.5 Å². The van der Waals surface area contributed by atoms with E-state index >= 15 is 0 Å². The Kier molecular flexibility index (Phi) is 8.26. The molecule has 0 saturated carbocycles. The molecule has 1 N–H and O–H groups in total. The second-order valence-electron chi connectivity index (χ2n) is 8.12. The molecule has 2 rings (SSSR count). The van der Waals surface area contributed by atoms with Crippen molar-refractivity contribution < 1.29 is 9.53 Å². The monoisotopic (exact) mass is 454 g/mol. The third kappa shape index (κ3) is 5.88. The minimum atomic E-state index is -1.83. The van der Waals surface area contributed by atoms with Crippen LogP contribution in [0.3, 0.4) is 0 Å². The molecule has 0 aliphatic rings. The van der Waals surface area contributed by atoms with E-state index in [1.54, 1.807) is 23.9 Å². The van der Waals surface area contributed by atoms with Gasteiger partial charge in [0.2, 0.25) is 0 Å². The number of hydrogen-bond donors (Lipinski definition) is 1. The van der Waals surface area contributed by atoms with E-state index in [-0.39, 0.29) is 11.6 Å². The molecule has 0 radical (unpaired) electrons. The van der Waals surface area contributed by atoms with Crippen LogP contribution in [0.4, 0.5) is 0 Å². The maximum Gasteiger partial charge on any atom is 0.192 e. The second-order valence-corrected chi connectivity index (χ2v) is 14.8. The van der Waals surface area contributed by atoms with Gasteiger partial charge in [-0.3, -0.25) is 0 Å². The SMILES string of the molecule is CC(C)(C)[Si](C)(C)OCc1ccccc1Sc1ccc(/C=C/CO)c(Cl)c1Cl. The zero-order valence-electron chi connectivity index (χ0n) is 17.1. The molecule has 0 saturated heterocycles. The van der Waals surface area contributed by atoms with Crippen molar-refractivity contribution in [1.29, 1.82) is 0 Å². The quantitative estimate of drug-likeness (QED) is 0.434. The van der Waals surface area contributed by atoms with Crippen molar-refractivity contribution in [3.63, 3.8) is 0 Å². The minimum absolute atomic E-state index is 0.0357. The van der Waals surface area contributed by atoms with E-state index in [1.807, 2.05) is 24.3 Å². The molecule has 0 amide bonds. The molecule has 6 heteroatoms. The summed E-state index contributed by atoms with van der Waals surface area (Å²) in [5.74, 6) is 0. The number of aliphatic hydroxyl groups excluding tert-OH is 1. The van der Waals surface area contributed by atoms with Gasteiger partial charge in [0.15, 0.2) is 8.32 Å². The highest BCUT2D eigenvalue weighted by Crippen LogP contribution is 2.41. The Morgan fingerprint density at radius 1 is 1.04 bits per heavy atom. The molecule has 0 aromatic heterocycles. The van der Waals surface area contributed by atoms with Crippen LogP contribution in [-0.2, 0) is 11.0 Å². The molecule has 2 aromatic rings. The van der Waals surface area contributed by atoms with E-state index in [4.69, 9.17) is 32.7 Å². The fourth-order valence-electron chi connectivity index (χ4n) is 2.25. The average Bonchev–Trinajstić information content (AvgIpc) is 2.63. The van der Waals surface area contributed by atoms with Gasteiger partial charge in [0.05, 0.1) is 23.3 Å². The summed E-state index contributed by atoms with van der Waals surface area (Å²) < 4.78 is 6.41. The summed E-state index contributed by atoms with van der Waals surface area (Å²) in [6, 6.07) is 12.1. The van der Waals surface area contributed by atoms with E-state index < -0.39 is 8.32 Å². The Morgan fingerprint density at radius 2 is 1.71 bits per heavy atom. The average molecular weight is 456 g/mol. The Morgan fingerprint density at radius 3 is 2.36 bits per heavy atom. The molecule has 0 bridgehead atoms. The van der Waals surface area contributed by atoms with Crippen molar-refractivity contribution in [1.82, 2.24) is 0 Å². The number of benzene rings is 2. The maximum absolute atomic E-state index is 8.95. The summed E-state index contributed by atoms with van der Waals surface area (Å²) in [6.07, 6.45) is 3.40. The zero-order chi connectivity index (χ0) is 20.9. The van der Waals surface area contributed by atoms with Crippen LogP contribution in [0.1, 0.15) is 31.9 Å². The van der Waals surface area contributed by atoms with Crippen LogP contribution in [0, 0.1) is 0 Å². The normalized spacial score (nSPS) is 12.7. The van der Waals surface area contributed by atoms with Gasteiger partial charge in [0.1, 0.15) is 0 Å². The second kappa shape index (κ2) is 9.83. The standard InChI is InChI=1S/C22H28Cl2O2SSi/c1-22(2,3)28(4,5)26-15-17-9-6-7-11-18(17)27-19-13-12-16(10-8-14-25)20(23)21(19)24/h6-13,25H,14-15H2,1-5H3/b10-8+. The highest BCUT2D eigenvalue weighted by Gasteiger charge is 2.37. The van der Waals surface area contributed by atoms with Crippen molar-refractivity contribution in [3.8, 4) is 0 Å². The summed E-state index contributed by atoms with van der Waals surface area (Å²) in [4.78, 5) is 2.01. The first kappa shape index (κ1) is 23.5. The van der Waals surface area contributed by atoms with Gasteiger partial charge in [0, 0.05) is 9.79 Å². The predicted octanol–water partition coefficient (Wildman–Crippen LogP) is 7.67. The summed E-state index contributed by atoms with van der Waals surface area (Å²) in [6.45, 7) is 11.8. The third-order valence-corrected chi connectivity index (χ3v) is 11.7. The van der Waals surface area contributed by atoms with Crippen molar-refractivity contribution in [2.75, 3.05) is 6.61 Å². The Bertz CT molecular complexity index is 845. The predicted molar refractivity (Wildman–Crippen MR) is 125 cm³/mol. The van der Waals surface area contributed by atoms with Crippen LogP contribution in [0.5, 0.6) is 0 Å². The highest BCUT2D eigenvalue weighted by molar-refractivity contribution is 7.99. The highest BCUT2D eigenvalue weighted by atomic mass is 35.5. The Balaban J connectivity index is 2.24. The number of hydrogen-bond acceptors (Lipinski definition) is 3. The molecular weight excluding hydrogens is 427 g/mol. The van der Waals surface area contributed by atoms with Gasteiger partial charge in [-0.15, -0.1) is 0 Å². The van der Waals surface area contributed by atoms with E-state index in [2.05, 4.69) is 46.0 Å². The van der Waals surface area contributed by atoms with E-state index in [9.17, 15) is 0 Å². The Hall–Kier alpha value is -0.753. The van der Waals surface area contributed by atoms with Gasteiger partial charge in [-0.1, -0.05) is 92.2 Å². The van der Waals surface area contributed by atoms with Gasteiger partial charge < -0.3 is 9.53 Å². The van der Waals surface area contributed by atoms with Crippen LogP contribution in [-0.4, -0.2) is 20.0 Å². The largest absolute Gasteiger partial charge is 0.413 e. The molecule has 0 aliphatic heterocycles. The number of aliphatic hydroxyl groups is 1. The molecule has 0 spiro atoms. The summed E-state index contributed by atoms with van der Waals surface area (Å²) in [5, 5.41) is 10.1. The van der Waals surface area contributed by atoms with Gasteiger partial charge in [-0.25, -0.2) is 0 Å². The van der Waals surface area contributed by atoms with Gasteiger partial charge >= 0.3 is 0 Å². The first-order chi connectivity index (χ1) is 13.1. The lowest BCUT2D eigenvalue weighted by Crippen LogP contribution is -2.40. The van der Waals surface area contributed by atoms with Crippen LogP contribution in [0.2, 0.25) is 28.2 Å². The fraction of sp³-hybridized carbons (Fsp3) is 0.364. The van der Waals surface area contributed by atoms with Gasteiger partial charge in [-0.2, -0.15) is 0 Å². The first-order valence-electron chi connectivity index (χ1n) is 9.22. The van der Waals surface area contributed by atoms with Crippen LogP contribution in [0.25, 0.3) is 6.08 Å². The summed E-state index contributed by atoms with van der Waals surface area (Å²) >= 11 is 14.5. The lowest BCUT2D eigenvalue weighted by molar-refractivity contribution is 0.274. The van der Waals surface area contributed by atoms with Crippen LogP contribution in [0.15, 0.2) is 52.3 Å². The molecule has 2 aromatic carbocycles. The van der Waals surface area contributed by atoms with Crippen LogP contribution < -0.4 is 0 Å². The lowest BCUT2D eigenvalue weighted by atomic mass is 10.2. The van der Waals surface area contributed by atoms with Crippen molar-refractivity contribution >= 4 is 49.4 Å². The number of rotatable bonds is 7. The van der Waals surface area contributed by atoms with E-state index in [1.165, 1.54) is 0 Å². The van der Waals surface area contributed by atoms with Gasteiger partial charge in [-0.05, 0) is 41.4 Å². The van der Waals surface area contributed by atoms with Crippen molar-refractivity contribution in [2.45, 2.75) is 55.3 Å². The molecule has 152 valence electrons. The van der Waals surface area contributed by atoms with E-state index in [0.29, 0.717) is 16.7 Å². The van der Waals surface area contributed by atoms with Crippen molar-refractivity contribution in [2.24, 2.45) is 0 Å². The molecule has 0 aliphatic carbocycles. The van der Waals surface area contributed by atoms with Crippen molar-refractivity contribution in [3.05, 3.63) is 63.6 Å². The fourth-order valence-corrected chi connectivity index (χ4v) is 4.74. The first-order valence-corrected chi connectivity index (χ1v) is 13.7. The zero-order valence-corrected chi connectivity index (χ0v) is 20.4. The molecule has 28 heavy (non-hydrogen) atoms. The van der Waals surface area contributed by atoms with Crippen LogP contribution >= 0.6 is 35.0 Å². The smallest absolute Gasteiger partial charge is 0.192 e. The summed E-state index contributed by atoms with van der Waals surface area (Å²) in [7, 11) is -1.83. The molecule has 0 heterocycles. The third-order valence-electron chi connectivity index (χ3n) is 5.07. The van der Waals surface area contributed by atoms with E-state index in [0.717, 1.165) is 20.9 Å².